The number of carbonyl (C=O) groups is 1. The second-order valence-corrected chi connectivity index (χ2v) is 7.06. The number of para-hydroxylation sites is 1. The smallest absolute Gasteiger partial charge is 0.257 e. The van der Waals surface area contributed by atoms with Crippen molar-refractivity contribution in [2.45, 2.75) is 20.8 Å². The molecule has 0 aliphatic rings. The molecule has 2 aromatic carbocycles. The van der Waals surface area contributed by atoms with Crippen LogP contribution in [-0.2, 0) is 0 Å². The Morgan fingerprint density at radius 2 is 1.68 bits per heavy atom. The van der Waals surface area contributed by atoms with Crippen LogP contribution in [0.5, 0.6) is 0 Å². The van der Waals surface area contributed by atoms with Gasteiger partial charge in [0.15, 0.2) is 0 Å². The van der Waals surface area contributed by atoms with Gasteiger partial charge in [0.25, 0.3) is 5.91 Å². The second-order valence-electron chi connectivity index (χ2n) is 7.06. The van der Waals surface area contributed by atoms with Crippen LogP contribution in [-0.4, -0.2) is 15.9 Å². The van der Waals surface area contributed by atoms with Crippen LogP contribution >= 0.6 is 0 Å². The van der Waals surface area contributed by atoms with Gasteiger partial charge < -0.3 is 5.32 Å². The highest BCUT2D eigenvalue weighted by Gasteiger charge is 2.15. The van der Waals surface area contributed by atoms with Gasteiger partial charge >= 0.3 is 0 Å². The van der Waals surface area contributed by atoms with E-state index in [9.17, 15) is 4.79 Å². The molecule has 4 aromatic rings. The Hall–Kier alpha value is -3.53. The molecule has 0 bridgehead atoms. The molecular formula is C24H21N3O. The fraction of sp³-hybridized carbons (Fsp3) is 0.125. The minimum atomic E-state index is -0.192. The molecule has 138 valence electrons. The number of hydrogen-bond donors (Lipinski definition) is 1. The highest BCUT2D eigenvalue weighted by Crippen LogP contribution is 2.28. The van der Waals surface area contributed by atoms with Gasteiger partial charge in [-0.3, -0.25) is 4.79 Å². The van der Waals surface area contributed by atoms with Gasteiger partial charge in [0.05, 0.1) is 16.8 Å². The molecule has 0 radical (unpaired) electrons. The molecule has 1 N–H and O–H groups in total. The lowest BCUT2D eigenvalue weighted by Crippen LogP contribution is -2.14. The van der Waals surface area contributed by atoms with Gasteiger partial charge in [0.2, 0.25) is 0 Å². The van der Waals surface area contributed by atoms with E-state index in [0.717, 1.165) is 33.3 Å². The highest BCUT2D eigenvalue weighted by atomic mass is 16.1. The number of benzene rings is 2. The van der Waals surface area contributed by atoms with Crippen molar-refractivity contribution in [3.05, 3.63) is 89.1 Å². The van der Waals surface area contributed by atoms with E-state index >= 15 is 0 Å². The summed E-state index contributed by atoms with van der Waals surface area (Å²) in [7, 11) is 0. The van der Waals surface area contributed by atoms with Crippen LogP contribution in [0, 0.1) is 20.8 Å². The van der Waals surface area contributed by atoms with Crippen molar-refractivity contribution in [1.29, 1.82) is 0 Å². The third kappa shape index (κ3) is 3.49. The molecule has 28 heavy (non-hydrogen) atoms. The average Bonchev–Trinajstić information content (AvgIpc) is 2.67. The fourth-order valence-corrected chi connectivity index (χ4v) is 3.39. The summed E-state index contributed by atoms with van der Waals surface area (Å²) in [6.45, 7) is 6.10. The molecule has 0 unspecified atom stereocenters. The van der Waals surface area contributed by atoms with Gasteiger partial charge in [-0.05, 0) is 56.2 Å². The molecule has 4 heteroatoms. The van der Waals surface area contributed by atoms with E-state index in [4.69, 9.17) is 4.98 Å². The van der Waals surface area contributed by atoms with E-state index < -0.39 is 0 Å². The van der Waals surface area contributed by atoms with Crippen molar-refractivity contribution in [1.82, 2.24) is 9.97 Å². The summed E-state index contributed by atoms with van der Waals surface area (Å²) >= 11 is 0. The van der Waals surface area contributed by atoms with Gasteiger partial charge in [-0.2, -0.15) is 0 Å². The average molecular weight is 367 g/mol. The van der Waals surface area contributed by atoms with Gasteiger partial charge in [0.1, 0.15) is 5.82 Å². The Bertz CT molecular complexity index is 1200. The SMILES string of the molecule is Cc1ccnc(NC(=O)c2cc(-c3ccc(C)cc3C)nc3ccccc23)c1. The molecule has 0 spiro atoms. The topological polar surface area (TPSA) is 54.9 Å². The number of amides is 1. The summed E-state index contributed by atoms with van der Waals surface area (Å²) in [5.41, 5.74) is 6.57. The first-order valence-electron chi connectivity index (χ1n) is 9.23. The number of aromatic nitrogens is 2. The maximum atomic E-state index is 13.1. The number of fused-ring (bicyclic) bond motifs is 1. The molecular weight excluding hydrogens is 346 g/mol. The molecule has 4 rings (SSSR count). The van der Waals surface area contributed by atoms with Gasteiger partial charge in [-0.15, -0.1) is 0 Å². The van der Waals surface area contributed by atoms with E-state index in [2.05, 4.69) is 42.3 Å². The molecule has 0 aliphatic carbocycles. The van der Waals surface area contributed by atoms with Crippen LogP contribution in [0.3, 0.4) is 0 Å². The number of anilines is 1. The first-order valence-corrected chi connectivity index (χ1v) is 9.23. The van der Waals surface area contributed by atoms with Crippen LogP contribution < -0.4 is 5.32 Å². The highest BCUT2D eigenvalue weighted by molar-refractivity contribution is 6.12. The zero-order chi connectivity index (χ0) is 19.7. The quantitative estimate of drug-likeness (QED) is 0.522. The van der Waals surface area contributed by atoms with E-state index in [-0.39, 0.29) is 5.91 Å². The third-order valence-electron chi connectivity index (χ3n) is 4.78. The van der Waals surface area contributed by atoms with Crippen LogP contribution in [0.4, 0.5) is 5.82 Å². The Balaban J connectivity index is 1.83. The Morgan fingerprint density at radius 1 is 0.893 bits per heavy atom. The molecule has 4 nitrogen and oxygen atoms in total. The van der Waals surface area contributed by atoms with Crippen molar-refractivity contribution in [2.75, 3.05) is 5.32 Å². The Kier molecular flexibility index (Phi) is 4.62. The predicted molar refractivity (Wildman–Crippen MR) is 114 cm³/mol. The molecule has 2 heterocycles. The maximum absolute atomic E-state index is 13.1. The fourth-order valence-electron chi connectivity index (χ4n) is 3.39. The zero-order valence-electron chi connectivity index (χ0n) is 16.2. The Morgan fingerprint density at radius 3 is 2.46 bits per heavy atom. The van der Waals surface area contributed by atoms with Gasteiger partial charge in [-0.25, -0.2) is 9.97 Å². The molecule has 0 saturated carbocycles. The van der Waals surface area contributed by atoms with E-state index in [1.54, 1.807) is 6.20 Å². The first kappa shape index (κ1) is 17.9. The van der Waals surface area contributed by atoms with Crippen molar-refractivity contribution >= 4 is 22.6 Å². The number of pyridine rings is 2. The van der Waals surface area contributed by atoms with Crippen LogP contribution in [0.15, 0.2) is 66.9 Å². The van der Waals surface area contributed by atoms with Crippen molar-refractivity contribution < 1.29 is 4.79 Å². The van der Waals surface area contributed by atoms with Crippen LogP contribution in [0.2, 0.25) is 0 Å². The first-order chi connectivity index (χ1) is 13.5. The number of nitrogens with zero attached hydrogens (tertiary/aromatic N) is 2. The lowest BCUT2D eigenvalue weighted by Gasteiger charge is -2.12. The zero-order valence-corrected chi connectivity index (χ0v) is 16.2. The minimum Gasteiger partial charge on any atom is -0.307 e. The number of aryl methyl sites for hydroxylation is 3. The van der Waals surface area contributed by atoms with Crippen LogP contribution in [0.25, 0.3) is 22.2 Å². The molecule has 1 amide bonds. The van der Waals surface area contributed by atoms with E-state index in [0.29, 0.717) is 11.4 Å². The predicted octanol–water partition coefficient (Wildman–Crippen LogP) is 5.47. The lowest BCUT2D eigenvalue weighted by molar-refractivity contribution is 0.102. The minimum absolute atomic E-state index is 0.192. The maximum Gasteiger partial charge on any atom is 0.257 e. The van der Waals surface area contributed by atoms with Gasteiger partial charge in [-0.1, -0.05) is 42.0 Å². The van der Waals surface area contributed by atoms with E-state index in [1.165, 1.54) is 5.56 Å². The second kappa shape index (κ2) is 7.24. The van der Waals surface area contributed by atoms with Gasteiger partial charge in [0, 0.05) is 17.1 Å². The number of carbonyl (C=O) groups excluding carboxylic acids is 1. The standard InChI is InChI=1S/C24H21N3O/c1-15-8-9-18(17(3)12-15)22-14-20(19-6-4-5-7-21(19)26-22)24(28)27-23-13-16(2)10-11-25-23/h4-14H,1-3H3,(H,25,27,28). The largest absolute Gasteiger partial charge is 0.307 e. The molecule has 2 aromatic heterocycles. The molecule has 0 atom stereocenters. The number of rotatable bonds is 3. The van der Waals surface area contributed by atoms with Crippen molar-refractivity contribution in [2.24, 2.45) is 0 Å². The molecule has 0 saturated heterocycles. The summed E-state index contributed by atoms with van der Waals surface area (Å²) in [5.74, 6) is 0.349. The summed E-state index contributed by atoms with van der Waals surface area (Å²) in [5, 5.41) is 3.74. The molecule has 0 aliphatic heterocycles. The van der Waals surface area contributed by atoms with E-state index in [1.807, 2.05) is 49.4 Å². The summed E-state index contributed by atoms with van der Waals surface area (Å²) in [4.78, 5) is 22.1. The van der Waals surface area contributed by atoms with Crippen molar-refractivity contribution in [3.8, 4) is 11.3 Å². The summed E-state index contributed by atoms with van der Waals surface area (Å²) in [6, 6.07) is 19.6. The molecule has 0 fully saturated rings. The van der Waals surface area contributed by atoms with Crippen molar-refractivity contribution in [3.63, 3.8) is 0 Å². The summed E-state index contributed by atoms with van der Waals surface area (Å²) in [6.07, 6.45) is 1.69. The normalized spacial score (nSPS) is 10.8. The summed E-state index contributed by atoms with van der Waals surface area (Å²) < 4.78 is 0. The third-order valence-corrected chi connectivity index (χ3v) is 4.78. The van der Waals surface area contributed by atoms with Crippen LogP contribution in [0.1, 0.15) is 27.0 Å². The Labute approximate surface area is 164 Å². The number of hydrogen-bond acceptors (Lipinski definition) is 3. The number of nitrogens with one attached hydrogen (secondary N) is 1. The monoisotopic (exact) mass is 367 g/mol. The lowest BCUT2D eigenvalue weighted by atomic mass is 9.99.